The summed E-state index contributed by atoms with van der Waals surface area (Å²) >= 11 is 0. The third kappa shape index (κ3) is 3.85. The van der Waals surface area contributed by atoms with Gasteiger partial charge in [-0.25, -0.2) is 0 Å². The van der Waals surface area contributed by atoms with Gasteiger partial charge < -0.3 is 13.9 Å². The molecule has 0 bridgehead atoms. The van der Waals surface area contributed by atoms with E-state index in [1.54, 1.807) is 0 Å². The maximum absolute atomic E-state index is 10.7. The number of hydrogen-bond donors (Lipinski definition) is 0. The van der Waals surface area contributed by atoms with Crippen LogP contribution in [0, 0.1) is 22.7 Å². The molecule has 8 aromatic rings. The summed E-state index contributed by atoms with van der Waals surface area (Å²) in [6.45, 7) is 0. The highest BCUT2D eigenvalue weighted by Gasteiger charge is 2.37. The van der Waals surface area contributed by atoms with Crippen LogP contribution in [0.1, 0.15) is 22.6 Å². The Morgan fingerprint density at radius 2 is 1.41 bits per heavy atom. The first kappa shape index (κ1) is 27.3. The Morgan fingerprint density at radius 1 is 0.592 bits per heavy atom. The van der Waals surface area contributed by atoms with E-state index in [1.165, 1.54) is 5.56 Å². The average molecular weight is 627 g/mol. The molecular formula is C44H26N4O. The molecule has 0 saturated carbocycles. The summed E-state index contributed by atoms with van der Waals surface area (Å²) < 4.78 is 8.56. The summed E-state index contributed by atoms with van der Waals surface area (Å²) in [5.41, 5.74) is 10.7. The van der Waals surface area contributed by atoms with Gasteiger partial charge >= 0.3 is 0 Å². The van der Waals surface area contributed by atoms with E-state index in [0.717, 1.165) is 71.9 Å². The number of nitriles is 2. The average Bonchev–Trinajstić information content (AvgIpc) is 3.82. The van der Waals surface area contributed by atoms with Crippen LogP contribution in [-0.2, 0) is 0 Å². The van der Waals surface area contributed by atoms with Gasteiger partial charge in [-0.1, -0.05) is 85.0 Å². The van der Waals surface area contributed by atoms with Gasteiger partial charge in [-0.05, 0) is 66.2 Å². The summed E-state index contributed by atoms with van der Waals surface area (Å²) in [7, 11) is 0. The topological polar surface area (TPSA) is 68.9 Å². The van der Waals surface area contributed by atoms with Gasteiger partial charge in [0.05, 0.1) is 46.0 Å². The van der Waals surface area contributed by atoms with Crippen LogP contribution in [0.15, 0.2) is 150 Å². The van der Waals surface area contributed by atoms with Crippen molar-refractivity contribution in [1.82, 2.24) is 4.57 Å². The van der Waals surface area contributed by atoms with Gasteiger partial charge in [-0.3, -0.25) is 0 Å². The molecule has 6 aromatic carbocycles. The molecule has 0 amide bonds. The molecule has 5 nitrogen and oxygen atoms in total. The lowest BCUT2D eigenvalue weighted by Gasteiger charge is -2.29. The zero-order valence-corrected chi connectivity index (χ0v) is 26.2. The van der Waals surface area contributed by atoms with E-state index in [9.17, 15) is 10.5 Å². The van der Waals surface area contributed by atoms with Crippen molar-refractivity contribution in [3.05, 3.63) is 162 Å². The zero-order valence-electron chi connectivity index (χ0n) is 26.2. The molecule has 2 aliphatic rings. The number of hydrogen-bond acceptors (Lipinski definition) is 4. The van der Waals surface area contributed by atoms with Crippen molar-refractivity contribution in [1.29, 1.82) is 10.5 Å². The second-order valence-electron chi connectivity index (χ2n) is 12.7. The van der Waals surface area contributed by atoms with Crippen molar-refractivity contribution in [3.63, 3.8) is 0 Å². The van der Waals surface area contributed by atoms with E-state index < -0.39 is 0 Å². The van der Waals surface area contributed by atoms with E-state index in [4.69, 9.17) is 4.42 Å². The van der Waals surface area contributed by atoms with Crippen LogP contribution in [0.2, 0.25) is 0 Å². The van der Waals surface area contributed by atoms with Gasteiger partial charge in [-0.2, -0.15) is 10.5 Å². The number of rotatable bonds is 3. The molecule has 0 saturated heterocycles. The van der Waals surface area contributed by atoms with E-state index in [-0.39, 0.29) is 12.0 Å². The molecule has 2 atom stereocenters. The quantitative estimate of drug-likeness (QED) is 0.196. The third-order valence-corrected chi connectivity index (χ3v) is 10.2. The summed E-state index contributed by atoms with van der Waals surface area (Å²) in [4.78, 5) is 2.34. The molecule has 0 fully saturated rings. The highest BCUT2D eigenvalue weighted by Crippen LogP contribution is 2.49. The Bertz CT molecular complexity index is 2840. The van der Waals surface area contributed by atoms with Crippen LogP contribution in [0.25, 0.3) is 60.6 Å². The zero-order chi connectivity index (χ0) is 32.6. The van der Waals surface area contributed by atoms with Crippen molar-refractivity contribution in [3.8, 4) is 29.0 Å². The molecule has 0 N–H and O–H groups in total. The number of para-hydroxylation sites is 3. The van der Waals surface area contributed by atoms with E-state index in [2.05, 4.69) is 113 Å². The van der Waals surface area contributed by atoms with Crippen molar-refractivity contribution in [2.24, 2.45) is 0 Å². The maximum atomic E-state index is 10.7. The van der Waals surface area contributed by atoms with Crippen LogP contribution in [0.5, 0.6) is 0 Å². The molecule has 10 rings (SSSR count). The van der Waals surface area contributed by atoms with Gasteiger partial charge in [0.1, 0.15) is 11.2 Å². The molecule has 3 heterocycles. The van der Waals surface area contributed by atoms with Gasteiger partial charge in [0, 0.05) is 50.0 Å². The molecule has 0 radical (unpaired) electrons. The number of allylic oxidation sites excluding steroid dienone is 2. The number of anilines is 2. The van der Waals surface area contributed by atoms with E-state index >= 15 is 0 Å². The standard InChI is InChI=1S/C44H26N4O/c45-25-27-17-20-39(48-38-15-7-3-11-33(38)43-40(48)21-22-42-44(43)34-12-4-8-16-41(34)49-42)35(23-27)30-19-18-29(24-28(30)26-46)47-36-13-5-1-9-31(36)32-10-2-6-14-37(32)47/h1-24,31,36H. The summed E-state index contributed by atoms with van der Waals surface area (Å²) in [5, 5.41) is 25.1. The van der Waals surface area contributed by atoms with Gasteiger partial charge in [0.25, 0.3) is 0 Å². The molecular weight excluding hydrogens is 601 g/mol. The summed E-state index contributed by atoms with van der Waals surface area (Å²) in [6.07, 6.45) is 8.71. The van der Waals surface area contributed by atoms with Gasteiger partial charge in [0.2, 0.25) is 0 Å². The molecule has 2 unspecified atom stereocenters. The van der Waals surface area contributed by atoms with Crippen LogP contribution in [-0.4, -0.2) is 10.6 Å². The van der Waals surface area contributed by atoms with Crippen LogP contribution in [0.3, 0.4) is 0 Å². The molecule has 49 heavy (non-hydrogen) atoms. The molecule has 0 spiro atoms. The normalized spacial score (nSPS) is 16.3. The molecule has 2 aromatic heterocycles. The van der Waals surface area contributed by atoms with Crippen molar-refractivity contribution < 1.29 is 4.42 Å². The van der Waals surface area contributed by atoms with Gasteiger partial charge in [0.15, 0.2) is 0 Å². The molecule has 1 aliphatic heterocycles. The number of furan rings is 1. The minimum Gasteiger partial charge on any atom is -0.456 e. The first-order chi connectivity index (χ1) is 24.2. The second kappa shape index (κ2) is 10.3. The lowest BCUT2D eigenvalue weighted by Crippen LogP contribution is -2.28. The van der Waals surface area contributed by atoms with Gasteiger partial charge in [-0.15, -0.1) is 0 Å². The molecule has 228 valence electrons. The minimum atomic E-state index is 0.130. The monoisotopic (exact) mass is 626 g/mol. The lowest BCUT2D eigenvalue weighted by atomic mass is 9.91. The van der Waals surface area contributed by atoms with Crippen LogP contribution in [0.4, 0.5) is 11.4 Å². The summed E-state index contributed by atoms with van der Waals surface area (Å²) in [6, 6.07) is 46.1. The molecule has 5 heteroatoms. The maximum Gasteiger partial charge on any atom is 0.136 e. The number of benzene rings is 6. The Hall–Kier alpha value is -6.82. The first-order valence-corrected chi connectivity index (χ1v) is 16.4. The number of nitrogens with zero attached hydrogens (tertiary/aromatic N) is 4. The summed E-state index contributed by atoms with van der Waals surface area (Å²) in [5.74, 6) is 0.249. The second-order valence-corrected chi connectivity index (χ2v) is 12.7. The fourth-order valence-electron chi connectivity index (χ4n) is 8.15. The van der Waals surface area contributed by atoms with Crippen molar-refractivity contribution in [2.45, 2.75) is 12.0 Å². The van der Waals surface area contributed by atoms with E-state index in [0.29, 0.717) is 11.1 Å². The lowest BCUT2D eigenvalue weighted by molar-refractivity contribution is 0.669. The predicted molar refractivity (Wildman–Crippen MR) is 196 cm³/mol. The Kier molecular flexibility index (Phi) is 5.76. The fourth-order valence-corrected chi connectivity index (χ4v) is 8.15. The third-order valence-electron chi connectivity index (χ3n) is 10.2. The smallest absolute Gasteiger partial charge is 0.136 e. The number of aromatic nitrogens is 1. The first-order valence-electron chi connectivity index (χ1n) is 16.4. The Labute approximate surface area is 282 Å². The SMILES string of the molecule is N#Cc1ccc(-n2c3ccccc3c3c4c(ccc32)oc2ccccc24)c(-c2ccc(N3c4ccccc4C4C=CC=CC43)cc2C#N)c1. The highest BCUT2D eigenvalue weighted by atomic mass is 16.3. The van der Waals surface area contributed by atoms with Crippen molar-refractivity contribution in [2.75, 3.05) is 4.90 Å². The Morgan fingerprint density at radius 3 is 2.31 bits per heavy atom. The molecule has 1 aliphatic carbocycles. The largest absolute Gasteiger partial charge is 0.456 e. The number of fused-ring (bicyclic) bond motifs is 10. The fraction of sp³-hybridized carbons (Fsp3) is 0.0455. The van der Waals surface area contributed by atoms with E-state index in [1.807, 2.05) is 54.6 Å². The highest BCUT2D eigenvalue weighted by molar-refractivity contribution is 6.27. The van der Waals surface area contributed by atoms with Crippen LogP contribution < -0.4 is 4.90 Å². The predicted octanol–water partition coefficient (Wildman–Crippen LogP) is 10.8. The minimum absolute atomic E-state index is 0.130. The Balaban J connectivity index is 1.21. The van der Waals surface area contributed by atoms with Crippen molar-refractivity contribution >= 4 is 55.1 Å². The van der Waals surface area contributed by atoms with Crippen LogP contribution >= 0.6 is 0 Å².